The maximum absolute atomic E-state index is 11.8. The van der Waals surface area contributed by atoms with Crippen LogP contribution in [-0.2, 0) is 35.8 Å². The van der Waals surface area contributed by atoms with Gasteiger partial charge in [-0.1, -0.05) is 19.9 Å². The number of hydrogen-bond donors (Lipinski definition) is 2. The fourth-order valence-corrected chi connectivity index (χ4v) is 5.59. The zero-order valence-electron chi connectivity index (χ0n) is 20.0. The second-order valence-electron chi connectivity index (χ2n) is 10.1. The van der Waals surface area contributed by atoms with E-state index < -0.39 is 10.0 Å². The van der Waals surface area contributed by atoms with Gasteiger partial charge < -0.3 is 15.4 Å². The van der Waals surface area contributed by atoms with E-state index in [1.807, 2.05) is 12.1 Å². The molecule has 0 amide bonds. The number of aromatic nitrogens is 3. The minimum atomic E-state index is -3.95. The average molecular weight is 495 g/mol. The summed E-state index contributed by atoms with van der Waals surface area (Å²) in [5.74, 6) is 1.74. The molecule has 2 aliphatic rings. The Morgan fingerprint density at radius 1 is 1.14 bits per heavy atom. The monoisotopic (exact) mass is 494 g/mol. The van der Waals surface area contributed by atoms with E-state index in [1.165, 1.54) is 11.6 Å². The number of benzene rings is 1. The minimum absolute atomic E-state index is 0.0985. The number of primary sulfonamides is 1. The van der Waals surface area contributed by atoms with E-state index in [-0.39, 0.29) is 16.1 Å². The van der Waals surface area contributed by atoms with Gasteiger partial charge >= 0.3 is 0 Å². The van der Waals surface area contributed by atoms with Gasteiger partial charge in [0.2, 0.25) is 10.0 Å². The SMILES string of the molecule is CC1(C)CCc2ncnc(N3CCOc4ccc(Cc5cnc(N)c(S(N)(=O)=O)c5)cc4C3)c2C1. The van der Waals surface area contributed by atoms with E-state index in [2.05, 4.69) is 34.8 Å². The van der Waals surface area contributed by atoms with Crippen LogP contribution in [0.5, 0.6) is 5.75 Å². The third-order valence-corrected chi connectivity index (χ3v) is 7.70. The topological polar surface area (TPSA) is 137 Å². The zero-order valence-corrected chi connectivity index (χ0v) is 20.8. The summed E-state index contributed by atoms with van der Waals surface area (Å²) in [5, 5.41) is 5.28. The summed E-state index contributed by atoms with van der Waals surface area (Å²) < 4.78 is 29.7. The lowest BCUT2D eigenvalue weighted by molar-refractivity contribution is 0.310. The molecule has 1 aromatic carbocycles. The van der Waals surface area contributed by atoms with Crippen molar-refractivity contribution in [1.29, 1.82) is 0 Å². The van der Waals surface area contributed by atoms with Gasteiger partial charge in [-0.2, -0.15) is 0 Å². The fourth-order valence-electron chi connectivity index (χ4n) is 4.93. The van der Waals surface area contributed by atoms with Crippen LogP contribution in [0.25, 0.3) is 0 Å². The number of nitrogens with zero attached hydrogens (tertiary/aromatic N) is 4. The van der Waals surface area contributed by atoms with Crippen molar-refractivity contribution in [1.82, 2.24) is 15.0 Å². The lowest BCUT2D eigenvalue weighted by atomic mass is 9.76. The van der Waals surface area contributed by atoms with E-state index in [0.29, 0.717) is 25.1 Å². The van der Waals surface area contributed by atoms with Crippen LogP contribution >= 0.6 is 0 Å². The lowest BCUT2D eigenvalue weighted by Crippen LogP contribution is -2.31. The standard InChI is InChI=1S/C25H30N6O3S/c1-25(2)6-5-20-19(12-25)24(30-15-29-20)31-7-8-34-21-4-3-16(10-18(21)14-31)9-17-11-22(35(27,32)33)23(26)28-13-17/h3-4,10-11,13,15H,5-9,12,14H2,1-2H3,(H2,26,28)(H2,27,32,33). The molecule has 0 saturated heterocycles. The largest absolute Gasteiger partial charge is 0.491 e. The summed E-state index contributed by atoms with van der Waals surface area (Å²) in [6.45, 7) is 6.55. The lowest BCUT2D eigenvalue weighted by Gasteiger charge is -2.33. The Hall–Kier alpha value is -3.24. The summed E-state index contributed by atoms with van der Waals surface area (Å²) in [6, 6.07) is 7.54. The molecule has 1 aliphatic heterocycles. The maximum atomic E-state index is 11.8. The van der Waals surface area contributed by atoms with Crippen molar-refractivity contribution in [2.75, 3.05) is 23.8 Å². The number of anilines is 2. The minimum Gasteiger partial charge on any atom is -0.491 e. The number of fused-ring (bicyclic) bond motifs is 2. The van der Waals surface area contributed by atoms with Crippen molar-refractivity contribution in [2.45, 2.75) is 51.0 Å². The molecule has 4 N–H and O–H groups in total. The number of pyridine rings is 1. The van der Waals surface area contributed by atoms with Crippen molar-refractivity contribution < 1.29 is 13.2 Å². The van der Waals surface area contributed by atoms with Crippen LogP contribution < -0.4 is 20.5 Å². The molecule has 0 spiro atoms. The van der Waals surface area contributed by atoms with Crippen LogP contribution in [0.15, 0.2) is 41.7 Å². The molecule has 3 aromatic rings. The summed E-state index contributed by atoms with van der Waals surface area (Å²) >= 11 is 0. The van der Waals surface area contributed by atoms with Gasteiger partial charge in [-0.3, -0.25) is 0 Å². The summed E-state index contributed by atoms with van der Waals surface area (Å²) in [7, 11) is -3.95. The Morgan fingerprint density at radius 3 is 2.77 bits per heavy atom. The van der Waals surface area contributed by atoms with Crippen LogP contribution in [-0.4, -0.2) is 36.5 Å². The fraction of sp³-hybridized carbons (Fsp3) is 0.400. The molecule has 2 aromatic heterocycles. The first-order valence-corrected chi connectivity index (χ1v) is 13.2. The van der Waals surface area contributed by atoms with Crippen LogP contribution in [0.1, 0.15) is 48.2 Å². The van der Waals surface area contributed by atoms with E-state index >= 15 is 0 Å². The van der Waals surface area contributed by atoms with Crippen molar-refractivity contribution in [3.05, 3.63) is 64.7 Å². The van der Waals surface area contributed by atoms with Crippen LogP contribution in [0.3, 0.4) is 0 Å². The molecule has 0 bridgehead atoms. The third kappa shape index (κ3) is 4.94. The van der Waals surface area contributed by atoms with Gasteiger partial charge in [0.1, 0.15) is 35.2 Å². The van der Waals surface area contributed by atoms with Gasteiger partial charge in [0, 0.05) is 29.6 Å². The molecular weight excluding hydrogens is 464 g/mol. The zero-order chi connectivity index (χ0) is 24.8. The van der Waals surface area contributed by atoms with Gasteiger partial charge in [0.25, 0.3) is 0 Å². The Labute approximate surface area is 205 Å². The van der Waals surface area contributed by atoms with Crippen LogP contribution in [0, 0.1) is 5.41 Å². The highest BCUT2D eigenvalue weighted by molar-refractivity contribution is 7.89. The smallest absolute Gasteiger partial charge is 0.241 e. The predicted octanol–water partition coefficient (Wildman–Crippen LogP) is 2.61. The summed E-state index contributed by atoms with van der Waals surface area (Å²) in [6.07, 6.45) is 6.79. The van der Waals surface area contributed by atoms with E-state index in [9.17, 15) is 8.42 Å². The third-order valence-electron chi connectivity index (χ3n) is 6.76. The Balaban J connectivity index is 1.44. The molecule has 3 heterocycles. The number of ether oxygens (including phenoxy) is 1. The first kappa shape index (κ1) is 23.5. The summed E-state index contributed by atoms with van der Waals surface area (Å²) in [5.41, 5.74) is 11.1. The number of nitrogens with two attached hydrogens (primary N) is 2. The van der Waals surface area contributed by atoms with Gasteiger partial charge in [-0.05, 0) is 60.4 Å². The second kappa shape index (κ2) is 8.76. The number of sulfonamides is 1. The molecule has 184 valence electrons. The Morgan fingerprint density at radius 2 is 1.97 bits per heavy atom. The van der Waals surface area contributed by atoms with Crippen molar-refractivity contribution in [2.24, 2.45) is 10.6 Å². The number of nitrogen functional groups attached to an aromatic ring is 1. The highest BCUT2D eigenvalue weighted by atomic mass is 32.2. The van der Waals surface area contributed by atoms with E-state index in [1.54, 1.807) is 12.5 Å². The van der Waals surface area contributed by atoms with Crippen molar-refractivity contribution in [3.63, 3.8) is 0 Å². The van der Waals surface area contributed by atoms with Crippen molar-refractivity contribution in [3.8, 4) is 5.75 Å². The Kier molecular flexibility index (Phi) is 5.88. The highest BCUT2D eigenvalue weighted by Crippen LogP contribution is 2.38. The molecule has 0 saturated carbocycles. The predicted molar refractivity (Wildman–Crippen MR) is 134 cm³/mol. The molecule has 0 unspecified atom stereocenters. The van der Waals surface area contributed by atoms with E-state index in [4.69, 9.17) is 20.6 Å². The molecule has 0 atom stereocenters. The average Bonchev–Trinajstić information content (AvgIpc) is 3.00. The molecule has 0 radical (unpaired) electrons. The van der Waals surface area contributed by atoms with Gasteiger partial charge in [-0.25, -0.2) is 28.5 Å². The molecule has 0 fully saturated rings. The highest BCUT2D eigenvalue weighted by Gasteiger charge is 2.30. The summed E-state index contributed by atoms with van der Waals surface area (Å²) in [4.78, 5) is 15.4. The van der Waals surface area contributed by atoms with Gasteiger partial charge in [0.05, 0.1) is 6.54 Å². The van der Waals surface area contributed by atoms with Crippen molar-refractivity contribution >= 4 is 21.7 Å². The molecule has 35 heavy (non-hydrogen) atoms. The molecule has 9 nitrogen and oxygen atoms in total. The molecule has 5 rings (SSSR count). The number of aryl methyl sites for hydroxylation is 1. The van der Waals surface area contributed by atoms with Crippen LogP contribution in [0.2, 0.25) is 0 Å². The number of hydrogen-bond acceptors (Lipinski definition) is 8. The normalized spacial score (nSPS) is 17.2. The first-order chi connectivity index (χ1) is 16.6. The quantitative estimate of drug-likeness (QED) is 0.565. The second-order valence-corrected chi connectivity index (χ2v) is 11.7. The molecular formula is C25H30N6O3S. The molecule has 10 heteroatoms. The van der Waals surface area contributed by atoms with Crippen LogP contribution in [0.4, 0.5) is 11.6 Å². The van der Waals surface area contributed by atoms with E-state index in [0.717, 1.165) is 54.2 Å². The molecule has 1 aliphatic carbocycles. The maximum Gasteiger partial charge on any atom is 0.241 e. The van der Waals surface area contributed by atoms with Gasteiger partial charge in [0.15, 0.2) is 0 Å². The van der Waals surface area contributed by atoms with Gasteiger partial charge in [-0.15, -0.1) is 0 Å². The first-order valence-electron chi connectivity index (χ1n) is 11.7. The number of rotatable bonds is 4. The Bertz CT molecular complexity index is 1390.